The number of carbonyl (C=O) groups is 1. The SMILES string of the molecule is CCOc1cc(C=C(C#N)c2nc3ccccc3c(=O)[nH]2)ccc1OCC(=O)Nc1ccccc1. The number of nitrogens with zero attached hydrogens (tertiary/aromatic N) is 2. The van der Waals surface area contributed by atoms with E-state index in [1.165, 1.54) is 0 Å². The number of amides is 1. The Kier molecular flexibility index (Phi) is 7.19. The zero-order chi connectivity index (χ0) is 24.6. The Morgan fingerprint density at radius 3 is 2.60 bits per heavy atom. The third-order valence-corrected chi connectivity index (χ3v) is 4.98. The fourth-order valence-corrected chi connectivity index (χ4v) is 3.40. The molecule has 0 fully saturated rings. The van der Waals surface area contributed by atoms with Gasteiger partial charge in [-0.25, -0.2) is 4.98 Å². The Balaban J connectivity index is 1.56. The van der Waals surface area contributed by atoms with Crippen LogP contribution in [0.25, 0.3) is 22.6 Å². The molecule has 0 aliphatic heterocycles. The number of H-pyrrole nitrogens is 1. The van der Waals surface area contributed by atoms with E-state index in [2.05, 4.69) is 21.4 Å². The molecule has 0 radical (unpaired) electrons. The summed E-state index contributed by atoms with van der Waals surface area (Å²) in [6.45, 7) is 2.01. The summed E-state index contributed by atoms with van der Waals surface area (Å²) in [6.07, 6.45) is 1.60. The fourth-order valence-electron chi connectivity index (χ4n) is 3.40. The summed E-state index contributed by atoms with van der Waals surface area (Å²) in [7, 11) is 0. The Hall–Kier alpha value is -4.90. The molecule has 0 atom stereocenters. The maximum atomic E-state index is 12.4. The van der Waals surface area contributed by atoms with Crippen molar-refractivity contribution < 1.29 is 14.3 Å². The third-order valence-electron chi connectivity index (χ3n) is 4.98. The summed E-state index contributed by atoms with van der Waals surface area (Å²) in [5.74, 6) is 0.682. The van der Waals surface area contributed by atoms with Crippen molar-refractivity contribution in [1.82, 2.24) is 9.97 Å². The summed E-state index contributed by atoms with van der Waals surface area (Å²) in [5, 5.41) is 12.9. The van der Waals surface area contributed by atoms with Crippen LogP contribution in [-0.4, -0.2) is 29.1 Å². The minimum Gasteiger partial charge on any atom is -0.490 e. The zero-order valence-electron chi connectivity index (χ0n) is 18.9. The van der Waals surface area contributed by atoms with Crippen molar-refractivity contribution >= 4 is 34.1 Å². The first-order chi connectivity index (χ1) is 17.1. The van der Waals surface area contributed by atoms with Crippen LogP contribution in [0.4, 0.5) is 5.69 Å². The van der Waals surface area contributed by atoms with Gasteiger partial charge in [0.15, 0.2) is 23.9 Å². The lowest BCUT2D eigenvalue weighted by atomic mass is 10.1. The number of anilines is 1. The van der Waals surface area contributed by atoms with Gasteiger partial charge in [-0.3, -0.25) is 9.59 Å². The summed E-state index contributed by atoms with van der Waals surface area (Å²) in [4.78, 5) is 31.7. The van der Waals surface area contributed by atoms with E-state index in [9.17, 15) is 14.9 Å². The first kappa shape index (κ1) is 23.3. The van der Waals surface area contributed by atoms with Crippen LogP contribution in [0.5, 0.6) is 11.5 Å². The Morgan fingerprint density at radius 2 is 1.83 bits per heavy atom. The number of aromatic amines is 1. The quantitative estimate of drug-likeness (QED) is 0.372. The predicted molar refractivity (Wildman–Crippen MR) is 134 cm³/mol. The number of aromatic nitrogens is 2. The van der Waals surface area contributed by atoms with Gasteiger partial charge >= 0.3 is 0 Å². The van der Waals surface area contributed by atoms with Crippen molar-refractivity contribution in [1.29, 1.82) is 5.26 Å². The van der Waals surface area contributed by atoms with Gasteiger partial charge in [0.25, 0.3) is 11.5 Å². The number of carbonyl (C=O) groups excluding carboxylic acids is 1. The summed E-state index contributed by atoms with van der Waals surface area (Å²) in [5.41, 5.74) is 1.68. The number of ether oxygens (including phenoxy) is 2. The maximum Gasteiger partial charge on any atom is 0.262 e. The molecule has 1 amide bonds. The highest BCUT2D eigenvalue weighted by Gasteiger charge is 2.12. The maximum absolute atomic E-state index is 12.4. The third kappa shape index (κ3) is 5.72. The monoisotopic (exact) mass is 466 g/mol. The lowest BCUT2D eigenvalue weighted by Crippen LogP contribution is -2.20. The van der Waals surface area contributed by atoms with Gasteiger partial charge < -0.3 is 19.8 Å². The molecule has 0 saturated heterocycles. The van der Waals surface area contributed by atoms with E-state index in [1.807, 2.05) is 25.1 Å². The van der Waals surface area contributed by atoms with E-state index < -0.39 is 0 Å². The van der Waals surface area contributed by atoms with Crippen LogP contribution in [0.3, 0.4) is 0 Å². The largest absolute Gasteiger partial charge is 0.490 e. The highest BCUT2D eigenvalue weighted by atomic mass is 16.5. The van der Waals surface area contributed by atoms with Crippen molar-refractivity contribution in [2.45, 2.75) is 6.92 Å². The molecule has 2 N–H and O–H groups in total. The van der Waals surface area contributed by atoms with Crippen LogP contribution in [0.1, 0.15) is 18.3 Å². The van der Waals surface area contributed by atoms with E-state index in [4.69, 9.17) is 9.47 Å². The molecule has 8 heteroatoms. The van der Waals surface area contributed by atoms with E-state index in [-0.39, 0.29) is 29.5 Å². The number of nitriles is 1. The number of fused-ring (bicyclic) bond motifs is 1. The van der Waals surface area contributed by atoms with Crippen molar-refractivity contribution in [3.05, 3.63) is 94.5 Å². The highest BCUT2D eigenvalue weighted by Crippen LogP contribution is 2.30. The van der Waals surface area contributed by atoms with Gasteiger partial charge in [-0.05, 0) is 55.0 Å². The van der Waals surface area contributed by atoms with Crippen molar-refractivity contribution in [3.8, 4) is 17.6 Å². The summed E-state index contributed by atoms with van der Waals surface area (Å²) < 4.78 is 11.4. The first-order valence-corrected chi connectivity index (χ1v) is 10.9. The second-order valence-corrected chi connectivity index (χ2v) is 7.44. The average Bonchev–Trinajstić information content (AvgIpc) is 2.87. The Labute approximate surface area is 201 Å². The second-order valence-electron chi connectivity index (χ2n) is 7.44. The molecule has 0 unspecified atom stereocenters. The van der Waals surface area contributed by atoms with Crippen LogP contribution in [0.15, 0.2) is 77.6 Å². The molecule has 1 aromatic heterocycles. The van der Waals surface area contributed by atoms with Crippen molar-refractivity contribution in [2.24, 2.45) is 0 Å². The van der Waals surface area contributed by atoms with Gasteiger partial charge in [0.05, 0.1) is 23.1 Å². The number of benzene rings is 3. The van der Waals surface area contributed by atoms with E-state index in [0.29, 0.717) is 40.3 Å². The fraction of sp³-hybridized carbons (Fsp3) is 0.111. The molecule has 0 bridgehead atoms. The highest BCUT2D eigenvalue weighted by molar-refractivity contribution is 5.92. The van der Waals surface area contributed by atoms with Gasteiger partial charge in [-0.15, -0.1) is 0 Å². The van der Waals surface area contributed by atoms with Gasteiger partial charge in [0.1, 0.15) is 6.07 Å². The molecule has 4 rings (SSSR count). The molecule has 4 aromatic rings. The standard InChI is InChI=1S/C27H22N4O4/c1-2-34-24-15-18(12-13-23(24)35-17-25(32)29-20-8-4-3-5-9-20)14-19(16-28)26-30-22-11-7-6-10-21(22)27(33)31-26/h3-15H,2,17H2,1H3,(H,29,32)(H,30,31,33). The van der Waals surface area contributed by atoms with Crippen LogP contribution in [0.2, 0.25) is 0 Å². The number of rotatable bonds is 8. The van der Waals surface area contributed by atoms with Gasteiger partial charge in [-0.2, -0.15) is 5.26 Å². The Morgan fingerprint density at radius 1 is 1.06 bits per heavy atom. The molecule has 0 aliphatic rings. The van der Waals surface area contributed by atoms with Crippen LogP contribution in [0, 0.1) is 11.3 Å². The second kappa shape index (κ2) is 10.8. The lowest BCUT2D eigenvalue weighted by Gasteiger charge is -2.13. The van der Waals surface area contributed by atoms with Crippen molar-refractivity contribution in [2.75, 3.05) is 18.5 Å². The predicted octanol–water partition coefficient (Wildman–Crippen LogP) is 4.40. The number of hydrogen-bond donors (Lipinski definition) is 2. The molecule has 8 nitrogen and oxygen atoms in total. The van der Waals surface area contributed by atoms with Crippen LogP contribution >= 0.6 is 0 Å². The molecule has 35 heavy (non-hydrogen) atoms. The number of para-hydroxylation sites is 2. The Bertz CT molecular complexity index is 1490. The summed E-state index contributed by atoms with van der Waals surface area (Å²) >= 11 is 0. The molecule has 1 heterocycles. The van der Waals surface area contributed by atoms with Gasteiger partial charge in [0.2, 0.25) is 0 Å². The first-order valence-electron chi connectivity index (χ1n) is 10.9. The summed E-state index contributed by atoms with van der Waals surface area (Å²) in [6, 6.07) is 23.2. The molecule has 0 saturated carbocycles. The molecule has 174 valence electrons. The minimum absolute atomic E-state index is 0.173. The molecule has 0 aliphatic carbocycles. The molecule has 3 aromatic carbocycles. The van der Waals surface area contributed by atoms with Crippen LogP contribution < -0.4 is 20.3 Å². The van der Waals surface area contributed by atoms with Crippen molar-refractivity contribution in [3.63, 3.8) is 0 Å². The minimum atomic E-state index is -0.320. The van der Waals surface area contributed by atoms with Gasteiger partial charge in [-0.1, -0.05) is 36.4 Å². The van der Waals surface area contributed by atoms with Crippen LogP contribution in [-0.2, 0) is 4.79 Å². The molecular weight excluding hydrogens is 444 g/mol. The number of allylic oxidation sites excluding steroid dienone is 1. The average molecular weight is 466 g/mol. The number of nitrogens with one attached hydrogen (secondary N) is 2. The zero-order valence-corrected chi connectivity index (χ0v) is 18.9. The smallest absolute Gasteiger partial charge is 0.262 e. The van der Waals surface area contributed by atoms with Gasteiger partial charge in [0, 0.05) is 5.69 Å². The van der Waals surface area contributed by atoms with E-state index >= 15 is 0 Å². The lowest BCUT2D eigenvalue weighted by molar-refractivity contribution is -0.118. The molecular formula is C27H22N4O4. The molecule has 0 spiro atoms. The normalized spacial score (nSPS) is 11.0. The number of hydrogen-bond acceptors (Lipinski definition) is 6. The van der Waals surface area contributed by atoms with E-state index in [1.54, 1.807) is 60.7 Å². The van der Waals surface area contributed by atoms with E-state index in [0.717, 1.165) is 0 Å². The topological polar surface area (TPSA) is 117 Å².